The molecule has 3 nitrogen and oxygen atoms in total. The number of benzene rings is 1. The van der Waals surface area contributed by atoms with Crippen molar-refractivity contribution in [2.45, 2.75) is 11.5 Å². The molecule has 88 valence electrons. The smallest absolute Gasteiger partial charge is 0.258 e. The quantitative estimate of drug-likeness (QED) is 0.467. The molecular weight excluding hydrogens is 314 g/mol. The topological polar surface area (TPSA) is 43.1 Å². The Balaban J connectivity index is 3.50. The molecule has 1 aromatic carbocycles. The van der Waals surface area contributed by atoms with Crippen LogP contribution in [0.1, 0.15) is 11.1 Å². The van der Waals surface area contributed by atoms with Gasteiger partial charge >= 0.3 is 6.18 Å². The fraction of sp³-hybridized carbons (Fsp3) is 0.250. The van der Waals surface area contributed by atoms with E-state index in [0.29, 0.717) is 0 Å². The fourth-order valence-electron chi connectivity index (χ4n) is 1.08. The van der Waals surface area contributed by atoms with E-state index in [0.717, 1.165) is 12.1 Å². The van der Waals surface area contributed by atoms with Crippen LogP contribution in [-0.4, -0.2) is 4.92 Å². The van der Waals surface area contributed by atoms with Crippen LogP contribution in [0.2, 0.25) is 5.02 Å². The highest BCUT2D eigenvalue weighted by Crippen LogP contribution is 2.40. The zero-order chi connectivity index (χ0) is 12.5. The molecule has 1 rings (SSSR count). The van der Waals surface area contributed by atoms with Crippen LogP contribution >= 0.6 is 27.5 Å². The molecule has 16 heavy (non-hydrogen) atoms. The highest BCUT2D eigenvalue weighted by molar-refractivity contribution is 9.08. The molecule has 0 fully saturated rings. The van der Waals surface area contributed by atoms with Gasteiger partial charge in [0, 0.05) is 11.4 Å². The highest BCUT2D eigenvalue weighted by Gasteiger charge is 2.36. The number of hydrogen-bond donors (Lipinski definition) is 0. The van der Waals surface area contributed by atoms with E-state index in [2.05, 4.69) is 15.9 Å². The first-order valence-electron chi connectivity index (χ1n) is 3.87. The first-order valence-corrected chi connectivity index (χ1v) is 5.37. The van der Waals surface area contributed by atoms with Crippen molar-refractivity contribution in [1.82, 2.24) is 0 Å². The Hall–Kier alpha value is -0.820. The van der Waals surface area contributed by atoms with Crippen molar-refractivity contribution in [3.8, 4) is 0 Å². The summed E-state index contributed by atoms with van der Waals surface area (Å²) in [7, 11) is 0. The summed E-state index contributed by atoms with van der Waals surface area (Å²) >= 11 is 8.27. The second kappa shape index (κ2) is 4.58. The van der Waals surface area contributed by atoms with E-state index < -0.39 is 27.4 Å². The van der Waals surface area contributed by atoms with Crippen molar-refractivity contribution in [3.05, 3.63) is 38.4 Å². The Labute approximate surface area is 101 Å². The lowest BCUT2D eigenvalue weighted by Gasteiger charge is -2.10. The van der Waals surface area contributed by atoms with Crippen LogP contribution in [0.15, 0.2) is 12.1 Å². The lowest BCUT2D eigenvalue weighted by atomic mass is 10.1. The van der Waals surface area contributed by atoms with Gasteiger partial charge in [0.25, 0.3) is 5.69 Å². The molecule has 0 radical (unpaired) electrons. The maximum Gasteiger partial charge on any atom is 0.418 e. The molecule has 8 heteroatoms. The average molecular weight is 318 g/mol. The molecule has 0 atom stereocenters. The van der Waals surface area contributed by atoms with E-state index in [9.17, 15) is 23.3 Å². The van der Waals surface area contributed by atoms with Crippen molar-refractivity contribution in [2.24, 2.45) is 0 Å². The third kappa shape index (κ3) is 2.65. The molecule has 0 saturated heterocycles. The summed E-state index contributed by atoms with van der Waals surface area (Å²) in [5, 5.41) is 9.70. The molecule has 0 saturated carbocycles. The van der Waals surface area contributed by atoms with E-state index in [-0.39, 0.29) is 10.9 Å². The molecule has 1 aromatic rings. The van der Waals surface area contributed by atoms with Gasteiger partial charge in [-0.25, -0.2) is 0 Å². The van der Waals surface area contributed by atoms with Gasteiger partial charge in [0.15, 0.2) is 0 Å². The minimum Gasteiger partial charge on any atom is -0.258 e. The van der Waals surface area contributed by atoms with Crippen molar-refractivity contribution in [1.29, 1.82) is 0 Å². The van der Waals surface area contributed by atoms with Crippen molar-refractivity contribution < 1.29 is 18.1 Å². The molecule has 0 unspecified atom stereocenters. The van der Waals surface area contributed by atoms with Crippen LogP contribution in [0.25, 0.3) is 0 Å². The minimum atomic E-state index is -4.71. The molecule has 0 aliphatic carbocycles. The number of halogens is 5. The van der Waals surface area contributed by atoms with Gasteiger partial charge in [-0.1, -0.05) is 27.5 Å². The van der Waals surface area contributed by atoms with Gasteiger partial charge in [-0.2, -0.15) is 13.2 Å². The summed E-state index contributed by atoms with van der Waals surface area (Å²) in [6, 6.07) is 1.79. The largest absolute Gasteiger partial charge is 0.418 e. The van der Waals surface area contributed by atoms with Crippen LogP contribution in [0.4, 0.5) is 18.9 Å². The van der Waals surface area contributed by atoms with E-state index >= 15 is 0 Å². The molecule has 0 aromatic heterocycles. The number of rotatable bonds is 2. The van der Waals surface area contributed by atoms with E-state index in [1.807, 2.05) is 0 Å². The zero-order valence-corrected chi connectivity index (χ0v) is 9.86. The third-order valence-electron chi connectivity index (χ3n) is 1.77. The van der Waals surface area contributed by atoms with Crippen LogP contribution in [0.3, 0.4) is 0 Å². The van der Waals surface area contributed by atoms with E-state index in [4.69, 9.17) is 11.6 Å². The first-order chi connectivity index (χ1) is 7.27. The maximum atomic E-state index is 12.5. The van der Waals surface area contributed by atoms with Gasteiger partial charge in [0.2, 0.25) is 0 Å². The lowest BCUT2D eigenvalue weighted by Crippen LogP contribution is -2.08. The standard InChI is InChI=1S/C8H4BrClF3NO2/c9-3-4-1-5(8(11,12)13)7(10)6(2-4)14(15)16/h1-2H,3H2. The van der Waals surface area contributed by atoms with Crippen LogP contribution in [0.5, 0.6) is 0 Å². The Morgan fingerprint density at radius 2 is 2.00 bits per heavy atom. The number of alkyl halides is 4. The molecule has 0 heterocycles. The van der Waals surface area contributed by atoms with Crippen molar-refractivity contribution >= 4 is 33.2 Å². The van der Waals surface area contributed by atoms with Gasteiger partial charge < -0.3 is 0 Å². The summed E-state index contributed by atoms with van der Waals surface area (Å²) in [6.07, 6.45) is -4.71. The molecule has 0 N–H and O–H groups in total. The Kier molecular flexibility index (Phi) is 3.80. The number of nitrogens with zero attached hydrogens (tertiary/aromatic N) is 1. The van der Waals surface area contributed by atoms with Crippen LogP contribution in [0, 0.1) is 10.1 Å². The molecule has 0 aliphatic rings. The molecule has 0 bridgehead atoms. The Morgan fingerprint density at radius 1 is 1.44 bits per heavy atom. The fourth-order valence-corrected chi connectivity index (χ4v) is 1.69. The summed E-state index contributed by atoms with van der Waals surface area (Å²) in [4.78, 5) is 9.57. The zero-order valence-electron chi connectivity index (χ0n) is 7.52. The number of nitro benzene ring substituents is 1. The van der Waals surface area contributed by atoms with Gasteiger partial charge in [-0.3, -0.25) is 10.1 Å². The second-order valence-corrected chi connectivity index (χ2v) is 3.80. The highest BCUT2D eigenvalue weighted by atomic mass is 79.9. The van der Waals surface area contributed by atoms with E-state index in [1.165, 1.54) is 0 Å². The average Bonchev–Trinajstić information content (AvgIpc) is 2.15. The SMILES string of the molecule is O=[N+]([O-])c1cc(CBr)cc(C(F)(F)F)c1Cl. The predicted molar refractivity (Wildman–Crippen MR) is 55.7 cm³/mol. The third-order valence-corrected chi connectivity index (χ3v) is 2.81. The number of hydrogen-bond acceptors (Lipinski definition) is 2. The summed E-state index contributed by atoms with van der Waals surface area (Å²) in [5.74, 6) is 0. The normalized spacial score (nSPS) is 11.6. The summed E-state index contributed by atoms with van der Waals surface area (Å²) < 4.78 is 37.5. The Morgan fingerprint density at radius 3 is 2.38 bits per heavy atom. The number of nitro groups is 1. The molecule has 0 aliphatic heterocycles. The lowest BCUT2D eigenvalue weighted by molar-refractivity contribution is -0.385. The summed E-state index contributed by atoms with van der Waals surface area (Å²) in [5.41, 5.74) is -1.80. The Bertz CT molecular complexity index is 436. The first kappa shape index (κ1) is 13.2. The monoisotopic (exact) mass is 317 g/mol. The predicted octanol–water partition coefficient (Wildman–Crippen LogP) is 4.16. The summed E-state index contributed by atoms with van der Waals surface area (Å²) in [6.45, 7) is 0. The molecule has 0 amide bonds. The van der Waals surface area contributed by atoms with E-state index in [1.54, 1.807) is 0 Å². The van der Waals surface area contributed by atoms with Crippen molar-refractivity contribution in [2.75, 3.05) is 0 Å². The molecular formula is C8H4BrClF3NO2. The van der Waals surface area contributed by atoms with Crippen molar-refractivity contribution in [3.63, 3.8) is 0 Å². The van der Waals surface area contributed by atoms with Gasteiger partial charge in [-0.05, 0) is 11.6 Å². The minimum absolute atomic E-state index is 0.0775. The van der Waals surface area contributed by atoms with Gasteiger partial charge in [0.05, 0.1) is 10.5 Å². The molecule has 0 spiro atoms. The van der Waals surface area contributed by atoms with Crippen LogP contribution < -0.4 is 0 Å². The van der Waals surface area contributed by atoms with Gasteiger partial charge in [-0.15, -0.1) is 0 Å². The maximum absolute atomic E-state index is 12.5. The second-order valence-electron chi connectivity index (χ2n) is 2.86. The van der Waals surface area contributed by atoms with Crippen LogP contribution in [-0.2, 0) is 11.5 Å². The van der Waals surface area contributed by atoms with Gasteiger partial charge in [0.1, 0.15) is 5.02 Å².